The summed E-state index contributed by atoms with van der Waals surface area (Å²) in [6.45, 7) is 0.301. The van der Waals surface area contributed by atoms with Gasteiger partial charge < -0.3 is 10.4 Å². The van der Waals surface area contributed by atoms with Crippen LogP contribution >= 0.6 is 0 Å². The molecular formula is C17H16FN3O3. The van der Waals surface area contributed by atoms with Crippen LogP contribution in [0.25, 0.3) is 0 Å². The Kier molecular flexibility index (Phi) is 4.41. The number of amides is 2. The first-order valence-electron chi connectivity index (χ1n) is 7.51. The number of rotatable bonds is 4. The van der Waals surface area contributed by atoms with Gasteiger partial charge >= 0.3 is 6.09 Å². The van der Waals surface area contributed by atoms with E-state index in [-0.39, 0.29) is 24.8 Å². The summed E-state index contributed by atoms with van der Waals surface area (Å²) < 4.78 is 13.1. The van der Waals surface area contributed by atoms with E-state index in [1.165, 1.54) is 17.0 Å². The zero-order valence-electron chi connectivity index (χ0n) is 12.8. The van der Waals surface area contributed by atoms with Crippen LogP contribution in [0.1, 0.15) is 11.1 Å². The quantitative estimate of drug-likeness (QED) is 0.901. The van der Waals surface area contributed by atoms with Crippen LogP contribution in [0.5, 0.6) is 0 Å². The molecule has 0 aliphatic carbocycles. The molecule has 0 fully saturated rings. The Bertz CT molecular complexity index is 764. The molecular weight excluding hydrogens is 313 g/mol. The van der Waals surface area contributed by atoms with Crippen molar-refractivity contribution in [2.24, 2.45) is 5.92 Å². The van der Waals surface area contributed by atoms with Crippen LogP contribution < -0.4 is 10.2 Å². The van der Waals surface area contributed by atoms with Gasteiger partial charge in [0.25, 0.3) is 0 Å². The molecule has 7 heteroatoms. The lowest BCUT2D eigenvalue weighted by Crippen LogP contribution is -2.45. The molecule has 2 aromatic rings. The molecule has 2 N–H and O–H groups in total. The number of hydrogen-bond acceptors (Lipinski definition) is 3. The number of carboxylic acid groups (broad SMARTS) is 1. The first-order valence-corrected chi connectivity index (χ1v) is 7.51. The average molecular weight is 329 g/mol. The minimum Gasteiger partial charge on any atom is -0.465 e. The van der Waals surface area contributed by atoms with Crippen LogP contribution in [0.2, 0.25) is 0 Å². The van der Waals surface area contributed by atoms with Crippen molar-refractivity contribution in [1.29, 1.82) is 0 Å². The summed E-state index contributed by atoms with van der Waals surface area (Å²) in [4.78, 5) is 29.3. The minimum absolute atomic E-state index is 0.0441. The number of hydrogen-bond donors (Lipinski definition) is 2. The Morgan fingerprint density at radius 2 is 2.08 bits per heavy atom. The summed E-state index contributed by atoms with van der Waals surface area (Å²) in [5.41, 5.74) is 1.66. The number of anilines is 1. The molecule has 1 atom stereocenters. The Labute approximate surface area is 137 Å². The highest BCUT2D eigenvalue weighted by atomic mass is 19.1. The Morgan fingerprint density at radius 1 is 1.33 bits per heavy atom. The van der Waals surface area contributed by atoms with Gasteiger partial charge in [-0.3, -0.25) is 9.69 Å². The highest BCUT2D eigenvalue weighted by molar-refractivity contribution is 5.97. The van der Waals surface area contributed by atoms with Gasteiger partial charge in [0.2, 0.25) is 5.91 Å². The smallest absolute Gasteiger partial charge is 0.404 e. The average Bonchev–Trinajstić information content (AvgIpc) is 2.57. The molecule has 2 heterocycles. The fourth-order valence-corrected chi connectivity index (χ4v) is 2.81. The second-order valence-electron chi connectivity index (χ2n) is 5.62. The number of carbonyl (C=O) groups is 2. The van der Waals surface area contributed by atoms with E-state index >= 15 is 0 Å². The molecule has 24 heavy (non-hydrogen) atoms. The van der Waals surface area contributed by atoms with Gasteiger partial charge in [-0.25, -0.2) is 14.2 Å². The lowest BCUT2D eigenvalue weighted by Gasteiger charge is -2.33. The topological polar surface area (TPSA) is 82.5 Å². The fraction of sp³-hybridized carbons (Fsp3) is 0.235. The van der Waals surface area contributed by atoms with E-state index in [1.54, 1.807) is 24.4 Å². The van der Waals surface area contributed by atoms with Gasteiger partial charge in [-0.2, -0.15) is 0 Å². The van der Waals surface area contributed by atoms with Crippen LogP contribution in [0.15, 0.2) is 42.6 Å². The van der Waals surface area contributed by atoms with Crippen molar-refractivity contribution in [3.63, 3.8) is 0 Å². The summed E-state index contributed by atoms with van der Waals surface area (Å²) in [6, 6.07) is 9.57. The minimum atomic E-state index is -1.16. The number of nitrogens with zero attached hydrogens (tertiary/aromatic N) is 2. The molecule has 0 saturated heterocycles. The number of nitrogens with one attached hydrogen (secondary N) is 1. The summed E-state index contributed by atoms with van der Waals surface area (Å²) >= 11 is 0. The molecule has 1 aliphatic rings. The van der Waals surface area contributed by atoms with Crippen molar-refractivity contribution in [2.75, 3.05) is 11.4 Å². The summed E-state index contributed by atoms with van der Waals surface area (Å²) in [5.74, 6) is -0.457. The number of benzene rings is 1. The Hall–Kier alpha value is -2.96. The van der Waals surface area contributed by atoms with Crippen LogP contribution in [0, 0.1) is 11.7 Å². The van der Waals surface area contributed by atoms with Gasteiger partial charge in [0.05, 0.1) is 12.5 Å². The SMILES string of the molecule is O=C(O)NCC1Cc2cccnc2N(Cc2ccc(F)cc2)C1=O. The Morgan fingerprint density at radius 3 is 2.79 bits per heavy atom. The number of aromatic nitrogens is 1. The normalized spacial score (nSPS) is 16.6. The number of fused-ring (bicyclic) bond motifs is 1. The fourth-order valence-electron chi connectivity index (χ4n) is 2.81. The maximum absolute atomic E-state index is 13.1. The van der Waals surface area contributed by atoms with Gasteiger partial charge in [-0.05, 0) is 35.7 Å². The molecule has 3 rings (SSSR count). The van der Waals surface area contributed by atoms with Gasteiger partial charge in [0.15, 0.2) is 0 Å². The van der Waals surface area contributed by atoms with E-state index in [2.05, 4.69) is 10.3 Å². The monoisotopic (exact) mass is 329 g/mol. The van der Waals surface area contributed by atoms with Crippen molar-refractivity contribution >= 4 is 17.8 Å². The predicted octanol–water partition coefficient (Wildman–Crippen LogP) is 2.19. The molecule has 0 bridgehead atoms. The largest absolute Gasteiger partial charge is 0.465 e. The predicted molar refractivity (Wildman–Crippen MR) is 85.0 cm³/mol. The summed E-state index contributed by atoms with van der Waals surface area (Å²) in [7, 11) is 0. The lowest BCUT2D eigenvalue weighted by atomic mass is 9.93. The van der Waals surface area contributed by atoms with E-state index in [0.717, 1.165) is 11.1 Å². The van der Waals surface area contributed by atoms with E-state index in [4.69, 9.17) is 5.11 Å². The third kappa shape index (κ3) is 3.34. The molecule has 1 aromatic heterocycles. The molecule has 2 amide bonds. The maximum atomic E-state index is 13.1. The maximum Gasteiger partial charge on any atom is 0.404 e. The third-order valence-electron chi connectivity index (χ3n) is 3.96. The number of halogens is 1. The molecule has 0 radical (unpaired) electrons. The molecule has 6 nitrogen and oxygen atoms in total. The zero-order chi connectivity index (χ0) is 17.1. The summed E-state index contributed by atoms with van der Waals surface area (Å²) in [6.07, 6.45) is 0.881. The molecule has 1 unspecified atom stereocenters. The second-order valence-corrected chi connectivity index (χ2v) is 5.62. The summed E-state index contributed by atoms with van der Waals surface area (Å²) in [5, 5.41) is 11.0. The zero-order valence-corrected chi connectivity index (χ0v) is 12.8. The van der Waals surface area contributed by atoms with Crippen LogP contribution in [0.4, 0.5) is 15.0 Å². The van der Waals surface area contributed by atoms with Gasteiger partial charge in [-0.1, -0.05) is 18.2 Å². The van der Waals surface area contributed by atoms with Crippen LogP contribution in [-0.2, 0) is 17.8 Å². The van der Waals surface area contributed by atoms with Gasteiger partial charge in [0, 0.05) is 12.7 Å². The second kappa shape index (κ2) is 6.66. The van der Waals surface area contributed by atoms with Crippen molar-refractivity contribution in [3.8, 4) is 0 Å². The molecule has 1 aromatic carbocycles. The van der Waals surface area contributed by atoms with Crippen molar-refractivity contribution in [1.82, 2.24) is 10.3 Å². The molecule has 124 valence electrons. The number of carbonyl (C=O) groups excluding carboxylic acids is 1. The van der Waals surface area contributed by atoms with Crippen molar-refractivity contribution in [2.45, 2.75) is 13.0 Å². The van der Waals surface area contributed by atoms with E-state index in [0.29, 0.717) is 12.2 Å². The third-order valence-corrected chi connectivity index (χ3v) is 3.96. The van der Waals surface area contributed by atoms with Crippen LogP contribution in [-0.4, -0.2) is 28.6 Å². The van der Waals surface area contributed by atoms with E-state index in [1.807, 2.05) is 6.07 Å². The highest BCUT2D eigenvalue weighted by Crippen LogP contribution is 2.29. The van der Waals surface area contributed by atoms with Crippen LogP contribution in [0.3, 0.4) is 0 Å². The first kappa shape index (κ1) is 15.9. The van der Waals surface area contributed by atoms with Gasteiger partial charge in [-0.15, -0.1) is 0 Å². The van der Waals surface area contributed by atoms with Crippen molar-refractivity contribution < 1.29 is 19.1 Å². The first-order chi connectivity index (χ1) is 11.5. The molecule has 1 aliphatic heterocycles. The standard InChI is InChI=1S/C17H16FN3O3/c18-14-5-3-11(4-6-14)10-21-15-12(2-1-7-19-15)8-13(16(21)22)9-20-17(23)24/h1-7,13,20H,8-10H2,(H,23,24). The highest BCUT2D eigenvalue weighted by Gasteiger charge is 2.33. The van der Waals surface area contributed by atoms with E-state index < -0.39 is 12.0 Å². The lowest BCUT2D eigenvalue weighted by molar-refractivity contribution is -0.122. The molecule has 0 spiro atoms. The van der Waals surface area contributed by atoms with Gasteiger partial charge in [0.1, 0.15) is 11.6 Å². The van der Waals surface area contributed by atoms with E-state index in [9.17, 15) is 14.0 Å². The Balaban J connectivity index is 1.88. The number of pyridine rings is 1. The molecule has 0 saturated carbocycles. The van der Waals surface area contributed by atoms with Crippen molar-refractivity contribution in [3.05, 3.63) is 59.5 Å².